The highest BCUT2D eigenvalue weighted by Gasteiger charge is 2.31. The Morgan fingerprint density at radius 1 is 1.14 bits per heavy atom. The van der Waals surface area contributed by atoms with Gasteiger partial charge in [0.05, 0.1) is 5.56 Å². The predicted molar refractivity (Wildman–Crippen MR) is 70.2 cm³/mol. The van der Waals surface area contributed by atoms with Gasteiger partial charge in [0.1, 0.15) is 11.6 Å². The lowest BCUT2D eigenvalue weighted by Crippen LogP contribution is -2.17. The number of alkyl halides is 3. The molecule has 1 N–H and O–H groups in total. The minimum atomic E-state index is -4.97. The first kappa shape index (κ1) is 15.8. The Morgan fingerprint density at radius 3 is 2.41 bits per heavy atom. The number of carbonyl (C=O) groups is 1. The molecule has 0 saturated heterocycles. The van der Waals surface area contributed by atoms with Gasteiger partial charge < -0.3 is 9.84 Å². The van der Waals surface area contributed by atoms with Gasteiger partial charge in [-0.2, -0.15) is 0 Å². The molecule has 0 amide bonds. The molecule has 0 atom stereocenters. The van der Waals surface area contributed by atoms with E-state index in [1.165, 1.54) is 12.1 Å². The Bertz CT molecular complexity index is 723. The first-order chi connectivity index (χ1) is 10.2. The molecule has 116 valence electrons. The van der Waals surface area contributed by atoms with E-state index in [1.807, 2.05) is 0 Å². The molecule has 0 aliphatic carbocycles. The highest BCUT2D eigenvalue weighted by atomic mass is 19.4. The molecular formula is C15H10F4O3. The minimum Gasteiger partial charge on any atom is -0.478 e. The van der Waals surface area contributed by atoms with Crippen molar-refractivity contribution >= 4 is 5.97 Å². The van der Waals surface area contributed by atoms with Crippen LogP contribution in [0.2, 0.25) is 0 Å². The average molecular weight is 314 g/mol. The second-order valence-electron chi connectivity index (χ2n) is 4.58. The third-order valence-electron chi connectivity index (χ3n) is 2.82. The summed E-state index contributed by atoms with van der Waals surface area (Å²) in [5.41, 5.74) is 0.226. The van der Waals surface area contributed by atoms with Crippen molar-refractivity contribution < 1.29 is 32.2 Å². The normalized spacial score (nSPS) is 11.3. The van der Waals surface area contributed by atoms with Crippen LogP contribution in [0, 0.1) is 12.7 Å². The predicted octanol–water partition coefficient (Wildman–Crippen LogP) is 4.40. The van der Waals surface area contributed by atoms with E-state index in [1.54, 1.807) is 6.92 Å². The van der Waals surface area contributed by atoms with E-state index in [0.717, 1.165) is 24.3 Å². The van der Waals surface area contributed by atoms with Gasteiger partial charge >= 0.3 is 12.3 Å². The van der Waals surface area contributed by atoms with Crippen LogP contribution in [0.1, 0.15) is 15.9 Å². The number of aryl methyl sites for hydroxylation is 1. The van der Waals surface area contributed by atoms with E-state index < -0.39 is 29.5 Å². The molecule has 2 aromatic rings. The topological polar surface area (TPSA) is 46.5 Å². The summed E-state index contributed by atoms with van der Waals surface area (Å²) in [6.07, 6.45) is -4.97. The van der Waals surface area contributed by atoms with Gasteiger partial charge in [0.2, 0.25) is 0 Å². The molecule has 22 heavy (non-hydrogen) atoms. The maximum atomic E-state index is 13.8. The van der Waals surface area contributed by atoms with Crippen LogP contribution < -0.4 is 4.74 Å². The first-order valence-corrected chi connectivity index (χ1v) is 6.06. The van der Waals surface area contributed by atoms with Gasteiger partial charge in [-0.1, -0.05) is 11.6 Å². The van der Waals surface area contributed by atoms with Crippen molar-refractivity contribution in [1.29, 1.82) is 0 Å². The summed E-state index contributed by atoms with van der Waals surface area (Å²) in [6.45, 7) is 1.68. The number of benzene rings is 2. The fourth-order valence-corrected chi connectivity index (χ4v) is 1.93. The van der Waals surface area contributed by atoms with E-state index in [-0.39, 0.29) is 11.1 Å². The lowest BCUT2D eigenvalue weighted by Gasteiger charge is -2.12. The first-order valence-electron chi connectivity index (χ1n) is 6.06. The van der Waals surface area contributed by atoms with E-state index in [2.05, 4.69) is 4.74 Å². The van der Waals surface area contributed by atoms with Crippen LogP contribution in [0.5, 0.6) is 5.75 Å². The molecule has 0 heterocycles. The van der Waals surface area contributed by atoms with Gasteiger partial charge in [-0.15, -0.1) is 13.2 Å². The van der Waals surface area contributed by atoms with Crippen LogP contribution in [-0.4, -0.2) is 17.4 Å². The van der Waals surface area contributed by atoms with E-state index in [4.69, 9.17) is 5.11 Å². The van der Waals surface area contributed by atoms with E-state index in [0.29, 0.717) is 5.56 Å². The number of rotatable bonds is 3. The van der Waals surface area contributed by atoms with Gasteiger partial charge in [-0.05, 0) is 42.8 Å². The molecule has 0 aliphatic rings. The molecule has 0 unspecified atom stereocenters. The largest absolute Gasteiger partial charge is 0.573 e. The zero-order valence-corrected chi connectivity index (χ0v) is 11.2. The molecule has 0 saturated carbocycles. The summed E-state index contributed by atoms with van der Waals surface area (Å²) in [4.78, 5) is 11.0. The third-order valence-corrected chi connectivity index (χ3v) is 2.82. The summed E-state index contributed by atoms with van der Waals surface area (Å²) in [7, 11) is 0. The van der Waals surface area contributed by atoms with Crippen LogP contribution in [0.3, 0.4) is 0 Å². The number of aromatic carboxylic acids is 1. The Kier molecular flexibility index (Phi) is 4.07. The monoisotopic (exact) mass is 314 g/mol. The van der Waals surface area contributed by atoms with Gasteiger partial charge in [0.25, 0.3) is 0 Å². The van der Waals surface area contributed by atoms with Crippen molar-refractivity contribution in [2.24, 2.45) is 0 Å². The summed E-state index contributed by atoms with van der Waals surface area (Å²) >= 11 is 0. The summed E-state index contributed by atoms with van der Waals surface area (Å²) in [5.74, 6) is -2.84. The quantitative estimate of drug-likeness (QED) is 0.854. The zero-order chi connectivity index (χ0) is 16.5. The van der Waals surface area contributed by atoms with Gasteiger partial charge in [-0.3, -0.25) is 0 Å². The number of hydrogen-bond acceptors (Lipinski definition) is 2. The van der Waals surface area contributed by atoms with Crippen LogP contribution >= 0.6 is 0 Å². The summed E-state index contributed by atoms with van der Waals surface area (Å²) < 4.78 is 54.5. The molecule has 3 nitrogen and oxygen atoms in total. The number of hydrogen-bond donors (Lipinski definition) is 1. The van der Waals surface area contributed by atoms with Crippen molar-refractivity contribution in [3.8, 4) is 16.9 Å². The molecule has 0 aromatic heterocycles. The fourth-order valence-electron chi connectivity index (χ4n) is 1.93. The standard InChI is InChI=1S/C15H10F4O3/c1-8-2-3-13(16)12(4-8)9-5-10(14(20)21)7-11(6-9)22-15(17,18)19/h2-7H,1H3,(H,20,21). The molecule has 2 rings (SSSR count). The van der Waals surface area contributed by atoms with Crippen molar-refractivity contribution in [1.82, 2.24) is 0 Å². The lowest BCUT2D eigenvalue weighted by molar-refractivity contribution is -0.274. The van der Waals surface area contributed by atoms with Gasteiger partial charge in [-0.25, -0.2) is 9.18 Å². The van der Waals surface area contributed by atoms with Crippen LogP contribution in [0.15, 0.2) is 36.4 Å². The molecule has 0 fully saturated rings. The average Bonchev–Trinajstić information content (AvgIpc) is 2.39. The van der Waals surface area contributed by atoms with Crippen molar-refractivity contribution in [2.75, 3.05) is 0 Å². The van der Waals surface area contributed by atoms with Crippen molar-refractivity contribution in [3.05, 3.63) is 53.3 Å². The molecule has 0 radical (unpaired) electrons. The second kappa shape index (κ2) is 5.67. The molecule has 0 spiro atoms. The molecule has 0 aliphatic heterocycles. The highest BCUT2D eigenvalue weighted by molar-refractivity contribution is 5.90. The third kappa shape index (κ3) is 3.75. The Labute approximate surface area is 122 Å². The number of carboxylic acids is 1. The van der Waals surface area contributed by atoms with Crippen molar-refractivity contribution in [2.45, 2.75) is 13.3 Å². The van der Waals surface area contributed by atoms with Crippen LogP contribution in [0.25, 0.3) is 11.1 Å². The van der Waals surface area contributed by atoms with Gasteiger partial charge in [0, 0.05) is 5.56 Å². The summed E-state index contributed by atoms with van der Waals surface area (Å²) in [6, 6.07) is 6.82. The number of carboxylic acid groups (broad SMARTS) is 1. The maximum absolute atomic E-state index is 13.8. The van der Waals surface area contributed by atoms with E-state index in [9.17, 15) is 22.4 Å². The minimum absolute atomic E-state index is 0.00451. The molecule has 7 heteroatoms. The second-order valence-corrected chi connectivity index (χ2v) is 4.58. The van der Waals surface area contributed by atoms with Gasteiger partial charge in [0.15, 0.2) is 0 Å². The lowest BCUT2D eigenvalue weighted by atomic mass is 10.0. The van der Waals surface area contributed by atoms with Crippen LogP contribution in [0.4, 0.5) is 17.6 Å². The Morgan fingerprint density at radius 2 is 1.82 bits per heavy atom. The molecular weight excluding hydrogens is 304 g/mol. The Balaban J connectivity index is 2.59. The number of ether oxygens (including phenoxy) is 1. The molecule has 0 bridgehead atoms. The SMILES string of the molecule is Cc1ccc(F)c(-c2cc(OC(F)(F)F)cc(C(=O)O)c2)c1. The van der Waals surface area contributed by atoms with E-state index >= 15 is 0 Å². The van der Waals surface area contributed by atoms with Crippen molar-refractivity contribution in [3.63, 3.8) is 0 Å². The smallest absolute Gasteiger partial charge is 0.478 e. The summed E-state index contributed by atoms with van der Waals surface area (Å²) in [5, 5.41) is 8.97. The van der Waals surface area contributed by atoms with Crippen LogP contribution in [-0.2, 0) is 0 Å². The zero-order valence-electron chi connectivity index (χ0n) is 11.2. The highest BCUT2D eigenvalue weighted by Crippen LogP contribution is 2.31. The fraction of sp³-hybridized carbons (Fsp3) is 0.133. The number of halogens is 4. The molecule has 2 aromatic carbocycles. The Hall–Kier alpha value is -2.57. The maximum Gasteiger partial charge on any atom is 0.573 e.